The van der Waals surface area contributed by atoms with E-state index >= 15 is 0 Å². The Bertz CT molecular complexity index is 590. The molecule has 0 fully saturated rings. The molecule has 0 spiro atoms. The van der Waals surface area contributed by atoms with Gasteiger partial charge >= 0.3 is 0 Å². The summed E-state index contributed by atoms with van der Waals surface area (Å²) in [5, 5.41) is 13.2. The van der Waals surface area contributed by atoms with Crippen molar-refractivity contribution in [3.63, 3.8) is 0 Å². The van der Waals surface area contributed by atoms with E-state index in [4.69, 9.17) is 4.74 Å². The van der Waals surface area contributed by atoms with Crippen LogP contribution in [0.25, 0.3) is 0 Å². The van der Waals surface area contributed by atoms with E-state index in [2.05, 4.69) is 15.3 Å². The lowest BCUT2D eigenvalue weighted by Crippen LogP contribution is -2.05. The van der Waals surface area contributed by atoms with Gasteiger partial charge in [0.2, 0.25) is 5.16 Å². The number of nitrogens with zero attached hydrogens (tertiary/aromatic N) is 4. The van der Waals surface area contributed by atoms with Crippen LogP contribution in [0.5, 0.6) is 5.75 Å². The minimum atomic E-state index is 0.179. The molecule has 106 valence electrons. The molecule has 0 radical (unpaired) electrons. The molecule has 0 aliphatic carbocycles. The SMILES string of the molecule is CSc1nnc(C)n1/N=C\c1ccc(OC(C)C)cc1. The first-order chi connectivity index (χ1) is 9.60. The maximum atomic E-state index is 5.60. The average molecular weight is 290 g/mol. The van der Waals surface area contributed by atoms with Gasteiger partial charge < -0.3 is 4.74 Å². The molecular formula is C14H18N4OS. The van der Waals surface area contributed by atoms with Crippen LogP contribution < -0.4 is 4.74 Å². The normalized spacial score (nSPS) is 11.4. The Balaban J connectivity index is 2.13. The van der Waals surface area contributed by atoms with Crippen molar-refractivity contribution in [1.82, 2.24) is 14.9 Å². The van der Waals surface area contributed by atoms with Gasteiger partial charge in [0.15, 0.2) is 5.82 Å². The number of ether oxygens (including phenoxy) is 1. The highest BCUT2D eigenvalue weighted by Gasteiger charge is 2.05. The van der Waals surface area contributed by atoms with Gasteiger partial charge in [-0.05, 0) is 56.9 Å². The largest absolute Gasteiger partial charge is 0.491 e. The topological polar surface area (TPSA) is 52.3 Å². The highest BCUT2D eigenvalue weighted by atomic mass is 32.2. The molecule has 5 nitrogen and oxygen atoms in total. The van der Waals surface area contributed by atoms with Crippen LogP contribution in [0.4, 0.5) is 0 Å². The maximum Gasteiger partial charge on any atom is 0.211 e. The molecule has 0 atom stereocenters. The zero-order valence-electron chi connectivity index (χ0n) is 12.1. The Morgan fingerprint density at radius 2 is 1.95 bits per heavy atom. The van der Waals surface area contributed by atoms with Crippen LogP contribution in [0.3, 0.4) is 0 Å². The van der Waals surface area contributed by atoms with Crippen molar-refractivity contribution in [3.8, 4) is 5.75 Å². The quantitative estimate of drug-likeness (QED) is 0.627. The molecule has 1 aromatic heterocycles. The molecule has 0 amide bonds. The van der Waals surface area contributed by atoms with Gasteiger partial charge in [-0.3, -0.25) is 0 Å². The van der Waals surface area contributed by atoms with Gasteiger partial charge in [0.1, 0.15) is 5.75 Å². The predicted molar refractivity (Wildman–Crippen MR) is 81.7 cm³/mol. The van der Waals surface area contributed by atoms with Gasteiger partial charge in [-0.1, -0.05) is 11.8 Å². The molecule has 0 saturated heterocycles. The van der Waals surface area contributed by atoms with E-state index in [1.807, 2.05) is 51.3 Å². The summed E-state index contributed by atoms with van der Waals surface area (Å²) in [5.74, 6) is 1.63. The molecule has 20 heavy (non-hydrogen) atoms. The van der Waals surface area contributed by atoms with Crippen LogP contribution in [0.1, 0.15) is 25.2 Å². The van der Waals surface area contributed by atoms with Crippen LogP contribution in [0.15, 0.2) is 34.5 Å². The van der Waals surface area contributed by atoms with Gasteiger partial charge in [-0.2, -0.15) is 9.78 Å². The fourth-order valence-corrected chi connectivity index (χ4v) is 2.10. The summed E-state index contributed by atoms with van der Waals surface area (Å²) < 4.78 is 7.33. The fourth-order valence-electron chi connectivity index (χ4n) is 1.63. The molecule has 1 aromatic carbocycles. The highest BCUT2D eigenvalue weighted by Crippen LogP contribution is 2.14. The summed E-state index contributed by atoms with van der Waals surface area (Å²) in [6.07, 6.45) is 3.92. The molecule has 0 N–H and O–H groups in total. The number of benzene rings is 1. The van der Waals surface area contributed by atoms with E-state index < -0.39 is 0 Å². The van der Waals surface area contributed by atoms with Crippen molar-refractivity contribution in [2.45, 2.75) is 32.0 Å². The molecule has 1 heterocycles. The maximum absolute atomic E-state index is 5.60. The predicted octanol–water partition coefficient (Wildman–Crippen LogP) is 2.98. The molecule has 6 heteroatoms. The van der Waals surface area contributed by atoms with Crippen molar-refractivity contribution in [1.29, 1.82) is 0 Å². The Morgan fingerprint density at radius 3 is 2.55 bits per heavy atom. The van der Waals surface area contributed by atoms with Crippen LogP contribution in [-0.2, 0) is 0 Å². The Morgan fingerprint density at radius 1 is 1.25 bits per heavy atom. The van der Waals surface area contributed by atoms with Crippen molar-refractivity contribution in [3.05, 3.63) is 35.7 Å². The van der Waals surface area contributed by atoms with Gasteiger partial charge in [0.25, 0.3) is 0 Å². The number of thioether (sulfide) groups is 1. The zero-order valence-corrected chi connectivity index (χ0v) is 12.9. The molecule has 2 aromatic rings. The van der Waals surface area contributed by atoms with Crippen LogP contribution >= 0.6 is 11.8 Å². The Labute approximate surface area is 123 Å². The van der Waals surface area contributed by atoms with Gasteiger partial charge in [-0.25, -0.2) is 0 Å². The van der Waals surface area contributed by atoms with Crippen molar-refractivity contribution >= 4 is 18.0 Å². The number of aromatic nitrogens is 3. The van der Waals surface area contributed by atoms with E-state index in [0.29, 0.717) is 0 Å². The number of hydrogen-bond donors (Lipinski definition) is 0. The third-order valence-corrected chi connectivity index (χ3v) is 3.14. The first kappa shape index (κ1) is 14.6. The standard InChI is InChI=1S/C14H18N4OS/c1-10(2)19-13-7-5-12(6-8-13)9-15-18-11(3)16-17-14(18)20-4/h5-10H,1-4H3/b15-9-. The third-order valence-electron chi connectivity index (χ3n) is 2.52. The Kier molecular flexibility index (Phi) is 4.79. The van der Waals surface area contributed by atoms with E-state index in [0.717, 1.165) is 22.3 Å². The van der Waals surface area contributed by atoms with Crippen LogP contribution in [-0.4, -0.2) is 33.4 Å². The summed E-state index contributed by atoms with van der Waals surface area (Å²) >= 11 is 1.52. The average Bonchev–Trinajstić information content (AvgIpc) is 2.78. The van der Waals surface area contributed by atoms with E-state index in [-0.39, 0.29) is 6.10 Å². The minimum Gasteiger partial charge on any atom is -0.491 e. The number of hydrogen-bond acceptors (Lipinski definition) is 5. The smallest absolute Gasteiger partial charge is 0.211 e. The van der Waals surface area contributed by atoms with Crippen LogP contribution in [0, 0.1) is 6.92 Å². The summed E-state index contributed by atoms with van der Waals surface area (Å²) in [4.78, 5) is 0. The van der Waals surface area contributed by atoms with Crippen molar-refractivity contribution in [2.75, 3.05) is 6.26 Å². The highest BCUT2D eigenvalue weighted by molar-refractivity contribution is 7.98. The summed E-state index contributed by atoms with van der Waals surface area (Å²) in [5.41, 5.74) is 1.00. The fraction of sp³-hybridized carbons (Fsp3) is 0.357. The van der Waals surface area contributed by atoms with E-state index in [1.54, 1.807) is 10.9 Å². The monoisotopic (exact) mass is 290 g/mol. The van der Waals surface area contributed by atoms with Gasteiger partial charge in [-0.15, -0.1) is 10.2 Å². The minimum absolute atomic E-state index is 0.179. The first-order valence-corrected chi connectivity index (χ1v) is 7.59. The first-order valence-electron chi connectivity index (χ1n) is 6.37. The Hall–Kier alpha value is -1.82. The number of rotatable bonds is 5. The second kappa shape index (κ2) is 6.56. The second-order valence-corrected chi connectivity index (χ2v) is 5.30. The van der Waals surface area contributed by atoms with Gasteiger partial charge in [0.05, 0.1) is 12.3 Å². The van der Waals surface area contributed by atoms with Gasteiger partial charge in [0, 0.05) is 0 Å². The molecule has 0 bridgehead atoms. The summed E-state index contributed by atoms with van der Waals surface area (Å²) in [6, 6.07) is 7.82. The zero-order chi connectivity index (χ0) is 14.5. The number of aryl methyl sites for hydroxylation is 1. The van der Waals surface area contributed by atoms with E-state index in [1.165, 1.54) is 11.8 Å². The lowest BCUT2D eigenvalue weighted by Gasteiger charge is -2.09. The van der Waals surface area contributed by atoms with E-state index in [9.17, 15) is 0 Å². The molecule has 0 aliphatic heterocycles. The lowest BCUT2D eigenvalue weighted by atomic mass is 10.2. The molecule has 0 aliphatic rings. The molecule has 0 unspecified atom stereocenters. The van der Waals surface area contributed by atoms with Crippen LogP contribution in [0.2, 0.25) is 0 Å². The molecule has 0 saturated carbocycles. The third kappa shape index (κ3) is 3.60. The summed E-state index contributed by atoms with van der Waals surface area (Å²) in [6.45, 7) is 5.89. The molecular weight excluding hydrogens is 272 g/mol. The lowest BCUT2D eigenvalue weighted by molar-refractivity contribution is 0.242. The van der Waals surface area contributed by atoms with Crippen molar-refractivity contribution < 1.29 is 4.74 Å². The molecule has 2 rings (SSSR count). The second-order valence-electron chi connectivity index (χ2n) is 4.53. The van der Waals surface area contributed by atoms with Crippen molar-refractivity contribution in [2.24, 2.45) is 5.10 Å². The summed E-state index contributed by atoms with van der Waals surface area (Å²) in [7, 11) is 0.